The van der Waals surface area contributed by atoms with E-state index in [1.54, 1.807) is 4.90 Å². The molecule has 5 heteroatoms. The zero-order chi connectivity index (χ0) is 10.7. The Morgan fingerprint density at radius 3 is 2.93 bits per heavy atom. The molecule has 1 heterocycles. The van der Waals surface area contributed by atoms with Gasteiger partial charge in [0, 0.05) is 25.6 Å². The number of esters is 1. The van der Waals surface area contributed by atoms with Gasteiger partial charge in [-0.15, -0.1) is 0 Å². The number of ether oxygens (including phenoxy) is 1. The summed E-state index contributed by atoms with van der Waals surface area (Å²) in [7, 11) is 1.34. The topological polar surface area (TPSA) is 72.6 Å². The first-order valence-electron chi connectivity index (χ1n) is 4.67. The van der Waals surface area contributed by atoms with Gasteiger partial charge in [-0.1, -0.05) is 0 Å². The standard InChI is InChI=1S/C9H16N2O3/c1-6(4-10)11-5-7(3-8(11)12)9(13)14-2/h6-7H,3-5,10H2,1-2H3. The summed E-state index contributed by atoms with van der Waals surface area (Å²) in [6, 6.07) is -0.00263. The monoisotopic (exact) mass is 200 g/mol. The smallest absolute Gasteiger partial charge is 0.310 e. The van der Waals surface area contributed by atoms with Gasteiger partial charge in [-0.2, -0.15) is 0 Å². The van der Waals surface area contributed by atoms with Crippen LogP contribution in [0.15, 0.2) is 0 Å². The number of likely N-dealkylation sites (tertiary alicyclic amines) is 1. The van der Waals surface area contributed by atoms with Gasteiger partial charge in [-0.05, 0) is 6.92 Å². The first kappa shape index (κ1) is 11.0. The Morgan fingerprint density at radius 2 is 2.43 bits per heavy atom. The number of nitrogens with two attached hydrogens (primary N) is 1. The van der Waals surface area contributed by atoms with Crippen LogP contribution < -0.4 is 5.73 Å². The lowest BCUT2D eigenvalue weighted by Gasteiger charge is -2.22. The highest BCUT2D eigenvalue weighted by Crippen LogP contribution is 2.20. The Hall–Kier alpha value is -1.10. The summed E-state index contributed by atoms with van der Waals surface area (Å²) < 4.78 is 4.60. The first-order chi connectivity index (χ1) is 6.60. The summed E-state index contributed by atoms with van der Waals surface area (Å²) in [6.45, 7) is 2.72. The fourth-order valence-electron chi connectivity index (χ4n) is 1.61. The molecule has 2 atom stereocenters. The summed E-state index contributed by atoms with van der Waals surface area (Å²) in [5.41, 5.74) is 5.46. The summed E-state index contributed by atoms with van der Waals surface area (Å²) >= 11 is 0. The van der Waals surface area contributed by atoms with E-state index in [1.165, 1.54) is 7.11 Å². The maximum Gasteiger partial charge on any atom is 0.310 e. The molecule has 2 unspecified atom stereocenters. The highest BCUT2D eigenvalue weighted by atomic mass is 16.5. The quantitative estimate of drug-likeness (QED) is 0.615. The lowest BCUT2D eigenvalue weighted by atomic mass is 10.1. The highest BCUT2D eigenvalue weighted by molar-refractivity contribution is 5.86. The lowest BCUT2D eigenvalue weighted by molar-refractivity contribution is -0.145. The second kappa shape index (κ2) is 4.41. The molecular weight excluding hydrogens is 184 g/mol. The number of nitrogens with zero attached hydrogens (tertiary/aromatic N) is 1. The van der Waals surface area contributed by atoms with E-state index in [4.69, 9.17) is 5.73 Å². The molecule has 1 amide bonds. The van der Waals surface area contributed by atoms with Crippen molar-refractivity contribution in [1.29, 1.82) is 0 Å². The second-order valence-corrected chi connectivity index (χ2v) is 3.56. The molecule has 80 valence electrons. The molecule has 0 saturated carbocycles. The summed E-state index contributed by atoms with van der Waals surface area (Å²) in [5, 5.41) is 0. The van der Waals surface area contributed by atoms with Gasteiger partial charge in [0.05, 0.1) is 13.0 Å². The Bertz CT molecular complexity index is 242. The van der Waals surface area contributed by atoms with Gasteiger partial charge in [0.15, 0.2) is 0 Å². The SMILES string of the molecule is COC(=O)C1CC(=O)N(C(C)CN)C1. The van der Waals surface area contributed by atoms with Gasteiger partial charge in [0.25, 0.3) is 0 Å². The van der Waals surface area contributed by atoms with Crippen molar-refractivity contribution >= 4 is 11.9 Å². The van der Waals surface area contributed by atoms with Crippen molar-refractivity contribution < 1.29 is 14.3 Å². The third-order valence-electron chi connectivity index (χ3n) is 2.57. The molecular formula is C9H16N2O3. The van der Waals surface area contributed by atoms with Gasteiger partial charge in [0.2, 0.25) is 5.91 Å². The van der Waals surface area contributed by atoms with Crippen molar-refractivity contribution in [2.45, 2.75) is 19.4 Å². The molecule has 14 heavy (non-hydrogen) atoms. The van der Waals surface area contributed by atoms with Crippen molar-refractivity contribution in [3.05, 3.63) is 0 Å². The van der Waals surface area contributed by atoms with Crippen molar-refractivity contribution in [1.82, 2.24) is 4.90 Å². The Balaban J connectivity index is 2.60. The van der Waals surface area contributed by atoms with Crippen molar-refractivity contribution in [3.8, 4) is 0 Å². The molecule has 1 saturated heterocycles. The van der Waals surface area contributed by atoms with Crippen LogP contribution in [-0.2, 0) is 14.3 Å². The molecule has 2 N–H and O–H groups in total. The Morgan fingerprint density at radius 1 is 1.79 bits per heavy atom. The highest BCUT2D eigenvalue weighted by Gasteiger charge is 2.36. The van der Waals surface area contributed by atoms with Crippen LogP contribution in [0.5, 0.6) is 0 Å². The molecule has 5 nitrogen and oxygen atoms in total. The van der Waals surface area contributed by atoms with Gasteiger partial charge in [-0.25, -0.2) is 0 Å². The van der Waals surface area contributed by atoms with Crippen LogP contribution in [0.4, 0.5) is 0 Å². The molecule has 1 aliphatic heterocycles. The second-order valence-electron chi connectivity index (χ2n) is 3.56. The van der Waals surface area contributed by atoms with E-state index in [1.807, 2.05) is 6.92 Å². The van der Waals surface area contributed by atoms with Gasteiger partial charge < -0.3 is 15.4 Å². The molecule has 0 aromatic heterocycles. The predicted octanol–water partition coefficient (Wildman–Crippen LogP) is -0.645. The van der Waals surface area contributed by atoms with Crippen LogP contribution >= 0.6 is 0 Å². The minimum absolute atomic E-state index is 0.00263. The van der Waals surface area contributed by atoms with E-state index < -0.39 is 0 Å². The molecule has 1 aliphatic rings. The van der Waals surface area contributed by atoms with E-state index in [2.05, 4.69) is 4.74 Å². The zero-order valence-corrected chi connectivity index (χ0v) is 8.53. The van der Waals surface area contributed by atoms with E-state index in [0.717, 1.165) is 0 Å². The van der Waals surface area contributed by atoms with E-state index in [0.29, 0.717) is 13.1 Å². The van der Waals surface area contributed by atoms with Gasteiger partial charge in [0.1, 0.15) is 0 Å². The van der Waals surface area contributed by atoms with E-state index in [9.17, 15) is 9.59 Å². The fourth-order valence-corrected chi connectivity index (χ4v) is 1.61. The summed E-state index contributed by atoms with van der Waals surface area (Å²) in [5.74, 6) is -0.648. The Kier molecular flexibility index (Phi) is 3.46. The molecule has 1 fully saturated rings. The summed E-state index contributed by atoms with van der Waals surface area (Å²) in [4.78, 5) is 24.3. The van der Waals surface area contributed by atoms with Gasteiger partial charge in [-0.3, -0.25) is 9.59 Å². The average molecular weight is 200 g/mol. The largest absolute Gasteiger partial charge is 0.469 e. The van der Waals surface area contributed by atoms with Crippen LogP contribution in [-0.4, -0.2) is 43.0 Å². The van der Waals surface area contributed by atoms with Crippen LogP contribution in [0.25, 0.3) is 0 Å². The normalized spacial score (nSPS) is 23.8. The number of rotatable bonds is 3. The van der Waals surface area contributed by atoms with Crippen molar-refractivity contribution in [2.24, 2.45) is 11.7 Å². The van der Waals surface area contributed by atoms with Crippen LogP contribution in [0.3, 0.4) is 0 Å². The average Bonchev–Trinajstić information content (AvgIpc) is 2.58. The third-order valence-corrected chi connectivity index (χ3v) is 2.57. The molecule has 0 spiro atoms. The number of carbonyl (C=O) groups excluding carboxylic acids is 2. The zero-order valence-electron chi connectivity index (χ0n) is 8.53. The van der Waals surface area contributed by atoms with E-state index in [-0.39, 0.29) is 30.3 Å². The molecule has 0 aromatic carbocycles. The first-order valence-corrected chi connectivity index (χ1v) is 4.67. The predicted molar refractivity (Wildman–Crippen MR) is 50.4 cm³/mol. The Labute approximate surface area is 83.2 Å². The number of carbonyl (C=O) groups is 2. The number of hydrogen-bond donors (Lipinski definition) is 1. The molecule has 0 aliphatic carbocycles. The van der Waals surface area contributed by atoms with Crippen LogP contribution in [0, 0.1) is 5.92 Å². The molecule has 0 radical (unpaired) electrons. The van der Waals surface area contributed by atoms with Crippen molar-refractivity contribution in [2.75, 3.05) is 20.2 Å². The number of methoxy groups -OCH3 is 1. The molecule has 0 aromatic rings. The van der Waals surface area contributed by atoms with E-state index >= 15 is 0 Å². The maximum atomic E-state index is 11.5. The molecule has 0 bridgehead atoms. The van der Waals surface area contributed by atoms with Crippen molar-refractivity contribution in [3.63, 3.8) is 0 Å². The molecule has 1 rings (SSSR count). The summed E-state index contributed by atoms with van der Waals surface area (Å²) in [6.07, 6.45) is 0.247. The number of amides is 1. The van der Waals surface area contributed by atoms with Crippen LogP contribution in [0.2, 0.25) is 0 Å². The minimum Gasteiger partial charge on any atom is -0.469 e. The van der Waals surface area contributed by atoms with Crippen LogP contribution in [0.1, 0.15) is 13.3 Å². The fraction of sp³-hybridized carbons (Fsp3) is 0.778. The lowest BCUT2D eigenvalue weighted by Crippen LogP contribution is -2.39. The number of hydrogen-bond acceptors (Lipinski definition) is 4. The van der Waals surface area contributed by atoms with Gasteiger partial charge >= 0.3 is 5.97 Å². The third kappa shape index (κ3) is 2.04. The maximum absolute atomic E-state index is 11.5. The minimum atomic E-state index is -0.318.